The Morgan fingerprint density at radius 2 is 0.413 bits per heavy atom. The van der Waals surface area contributed by atoms with Crippen molar-refractivity contribution in [1.82, 2.24) is 0 Å². The highest BCUT2D eigenvalue weighted by Crippen LogP contribution is 2.51. The van der Waals surface area contributed by atoms with Crippen molar-refractivity contribution in [1.29, 1.82) is 0 Å². The van der Waals surface area contributed by atoms with Gasteiger partial charge in [0, 0.05) is 92.8 Å². The third-order valence-corrected chi connectivity index (χ3v) is 30.7. The van der Waals surface area contributed by atoms with Crippen LogP contribution in [0.5, 0.6) is 0 Å². The number of furan rings is 3. The first-order valence-electron chi connectivity index (χ1n) is 46.8. The molecular formula is C132H82O3S3. The lowest BCUT2D eigenvalue weighted by molar-refractivity contribution is 0.668. The van der Waals surface area contributed by atoms with Crippen molar-refractivity contribution < 1.29 is 13.3 Å². The molecule has 0 bridgehead atoms. The SMILES string of the molecule is c1ccc(-c2ccc(-c3ccc(-c4cc(-c5cccc6sc7ccccc7c56)cc5sc6ccccc6c45)cc3)cc2-c2ccccc2)cc1.c1ccc(-c2ccc(-c3cccc(-c4cc(-c5ccc6sc7ccccc7c6c5)cc5oc6ccccc6c45)c3)cc2)cc1.c1ccc(-c2cccc(-c3cccc(-c4cc(-c5ccc6oc7ccccc7c6c5)cc5oc6ccccc6c45)c3)c2)cc1. The fraction of sp³-hybridized carbons (Fsp3) is 0. The van der Waals surface area contributed by atoms with Gasteiger partial charge in [-0.1, -0.05) is 370 Å². The highest BCUT2D eigenvalue weighted by molar-refractivity contribution is 7.26. The van der Waals surface area contributed by atoms with Gasteiger partial charge in [0.05, 0.1) is 0 Å². The van der Waals surface area contributed by atoms with E-state index < -0.39 is 0 Å². The molecule has 0 aliphatic heterocycles. The van der Waals surface area contributed by atoms with Gasteiger partial charge in [0.2, 0.25) is 0 Å². The molecule has 0 radical (unpaired) electrons. The summed E-state index contributed by atoms with van der Waals surface area (Å²) in [6, 6.07) is 179. The summed E-state index contributed by atoms with van der Waals surface area (Å²) < 4.78 is 27.0. The van der Waals surface area contributed by atoms with Crippen molar-refractivity contribution in [2.45, 2.75) is 0 Å². The average molecular weight is 1810 g/mol. The minimum atomic E-state index is 0.882. The zero-order chi connectivity index (χ0) is 91.1. The summed E-state index contributed by atoms with van der Waals surface area (Å²) in [6.07, 6.45) is 0. The molecule has 138 heavy (non-hydrogen) atoms. The smallest absolute Gasteiger partial charge is 0.136 e. The predicted octanol–water partition coefficient (Wildman–Crippen LogP) is 39.5. The molecule has 6 heterocycles. The summed E-state index contributed by atoms with van der Waals surface area (Å²) in [5.41, 5.74) is 36.7. The van der Waals surface area contributed by atoms with Crippen LogP contribution >= 0.6 is 34.0 Å². The minimum absolute atomic E-state index is 0.882. The van der Waals surface area contributed by atoms with Crippen LogP contribution in [0, 0.1) is 0 Å². The summed E-state index contributed by atoms with van der Waals surface area (Å²) >= 11 is 5.62. The zero-order valence-corrected chi connectivity index (χ0v) is 77.2. The molecule has 0 aliphatic rings. The lowest BCUT2D eigenvalue weighted by atomic mass is 9.90. The van der Waals surface area contributed by atoms with E-state index in [0.717, 1.165) is 93.6 Å². The lowest BCUT2D eigenvalue weighted by Gasteiger charge is -2.14. The second kappa shape index (κ2) is 34.7. The van der Waals surface area contributed by atoms with Gasteiger partial charge >= 0.3 is 0 Å². The van der Waals surface area contributed by atoms with Crippen LogP contribution in [0.4, 0.5) is 0 Å². The zero-order valence-electron chi connectivity index (χ0n) is 74.8. The maximum absolute atomic E-state index is 6.49. The van der Waals surface area contributed by atoms with Gasteiger partial charge in [0.25, 0.3) is 0 Å². The molecule has 6 heteroatoms. The average Bonchev–Trinajstić information content (AvgIpc) is 1.59. The van der Waals surface area contributed by atoms with E-state index in [2.05, 4.69) is 467 Å². The van der Waals surface area contributed by atoms with Gasteiger partial charge in [-0.05, 0) is 272 Å². The molecule has 6 aromatic heterocycles. The molecule has 28 rings (SSSR count). The Labute approximate surface area is 809 Å². The highest BCUT2D eigenvalue weighted by Gasteiger charge is 2.24. The van der Waals surface area contributed by atoms with Gasteiger partial charge in [-0.2, -0.15) is 0 Å². The molecule has 3 nitrogen and oxygen atoms in total. The Kier molecular flexibility index (Phi) is 20.6. The Balaban J connectivity index is 0.000000107. The standard InChI is InChI=1S/C48H30S2.C42H26O2.C42H26OS/c1-3-12-32(13-4-1)37-27-26-35(28-41(37)33-14-5-2-6-15-33)31-22-24-34(25-23-31)42-29-36(30-46-48(42)40-17-8-10-20-44(40)50-46)38-18-11-21-45-47(38)39-16-7-9-19-43(39)49-45;1-2-10-27(11-3-1)28-12-8-13-29(22-28)30-14-9-15-32(23-30)36-25-33(26-41-42(36)35-17-5-7-19-39(35)44-41)31-20-21-40-37(24-31)34-16-4-6-18-38(34)43-40;1-2-9-27(10-3-1)28-17-19-29(20-18-28)30-11-8-12-32(23-30)36-25-33(26-39-42(36)35-14-4-6-15-38(35)43-39)31-21-22-41-37(24-31)34-13-5-7-16-40(34)44-41/h1-30H;2*1-26H. The molecular weight excluding hydrogens is 1730 g/mol. The van der Waals surface area contributed by atoms with E-state index in [4.69, 9.17) is 13.3 Å². The number of para-hydroxylation sites is 3. The molecule has 0 fully saturated rings. The summed E-state index contributed by atoms with van der Waals surface area (Å²) in [6.45, 7) is 0. The molecule has 0 spiro atoms. The van der Waals surface area contributed by atoms with Gasteiger partial charge in [-0.15, -0.1) is 34.0 Å². The van der Waals surface area contributed by atoms with Crippen LogP contribution in [-0.4, -0.2) is 0 Å². The van der Waals surface area contributed by atoms with E-state index >= 15 is 0 Å². The highest BCUT2D eigenvalue weighted by atomic mass is 32.1. The van der Waals surface area contributed by atoms with E-state index in [1.807, 2.05) is 64.3 Å². The van der Waals surface area contributed by atoms with Crippen LogP contribution in [0.25, 0.3) is 271 Å². The summed E-state index contributed by atoms with van der Waals surface area (Å²) in [5.74, 6) is 0. The fourth-order valence-corrected chi connectivity index (χ4v) is 24.0. The number of hydrogen-bond donors (Lipinski definition) is 0. The minimum Gasteiger partial charge on any atom is -0.456 e. The van der Waals surface area contributed by atoms with Crippen LogP contribution in [0.3, 0.4) is 0 Å². The molecule has 28 aromatic rings. The van der Waals surface area contributed by atoms with Gasteiger partial charge in [0.15, 0.2) is 0 Å². The third-order valence-electron chi connectivity index (χ3n) is 27.3. The maximum Gasteiger partial charge on any atom is 0.136 e. The van der Waals surface area contributed by atoms with Gasteiger partial charge in [-0.25, -0.2) is 0 Å². The monoisotopic (exact) mass is 1810 g/mol. The third kappa shape index (κ3) is 15.0. The summed E-state index contributed by atoms with van der Waals surface area (Å²) in [5, 5.41) is 14.7. The molecule has 0 atom stereocenters. The van der Waals surface area contributed by atoms with Crippen molar-refractivity contribution >= 4 is 160 Å². The summed E-state index contributed by atoms with van der Waals surface area (Å²) in [4.78, 5) is 0. The second-order valence-corrected chi connectivity index (χ2v) is 38.8. The van der Waals surface area contributed by atoms with Crippen molar-refractivity contribution in [2.24, 2.45) is 0 Å². The Morgan fingerprint density at radius 1 is 0.109 bits per heavy atom. The van der Waals surface area contributed by atoms with Crippen LogP contribution in [0.2, 0.25) is 0 Å². The quantitative estimate of drug-likeness (QED) is 0.115. The van der Waals surface area contributed by atoms with Crippen molar-refractivity contribution in [3.8, 4) is 145 Å². The Bertz CT molecular complexity index is 9570. The summed E-state index contributed by atoms with van der Waals surface area (Å²) in [7, 11) is 0. The molecule has 0 saturated carbocycles. The molecule has 0 unspecified atom stereocenters. The van der Waals surface area contributed by atoms with Gasteiger partial charge < -0.3 is 13.3 Å². The maximum atomic E-state index is 6.49. The molecule has 0 amide bonds. The largest absolute Gasteiger partial charge is 0.456 e. The number of benzene rings is 22. The number of rotatable bonds is 13. The predicted molar refractivity (Wildman–Crippen MR) is 590 cm³/mol. The first kappa shape index (κ1) is 81.6. The Hall–Kier alpha value is -17.1. The second-order valence-electron chi connectivity index (χ2n) is 35.5. The number of hydrogen-bond acceptors (Lipinski definition) is 6. The van der Waals surface area contributed by atoms with E-state index in [1.165, 1.54) is 177 Å². The van der Waals surface area contributed by atoms with Crippen LogP contribution < -0.4 is 0 Å². The number of fused-ring (bicyclic) bond motifs is 18. The first-order chi connectivity index (χ1) is 68.3. The van der Waals surface area contributed by atoms with Crippen LogP contribution in [0.15, 0.2) is 511 Å². The lowest BCUT2D eigenvalue weighted by Crippen LogP contribution is -1.88. The molecule has 646 valence electrons. The normalized spacial score (nSPS) is 11.6. The van der Waals surface area contributed by atoms with Gasteiger partial charge in [-0.3, -0.25) is 0 Å². The van der Waals surface area contributed by atoms with E-state index in [9.17, 15) is 0 Å². The van der Waals surface area contributed by atoms with Crippen LogP contribution in [-0.2, 0) is 0 Å². The van der Waals surface area contributed by atoms with E-state index in [0.29, 0.717) is 0 Å². The fourth-order valence-electron chi connectivity index (χ4n) is 20.6. The molecule has 22 aromatic carbocycles. The first-order valence-corrected chi connectivity index (χ1v) is 49.3. The molecule has 0 N–H and O–H groups in total. The molecule has 0 aliphatic carbocycles. The van der Waals surface area contributed by atoms with Crippen molar-refractivity contribution in [3.63, 3.8) is 0 Å². The van der Waals surface area contributed by atoms with E-state index in [1.54, 1.807) is 0 Å². The van der Waals surface area contributed by atoms with Crippen molar-refractivity contribution in [3.05, 3.63) is 497 Å². The number of thiophene rings is 3. The van der Waals surface area contributed by atoms with Gasteiger partial charge in [0.1, 0.15) is 33.5 Å². The van der Waals surface area contributed by atoms with Crippen molar-refractivity contribution in [2.75, 3.05) is 0 Å². The topological polar surface area (TPSA) is 39.4 Å². The Morgan fingerprint density at radius 3 is 0.978 bits per heavy atom. The van der Waals surface area contributed by atoms with Crippen LogP contribution in [0.1, 0.15) is 0 Å². The van der Waals surface area contributed by atoms with E-state index in [-0.39, 0.29) is 0 Å². The molecule has 0 saturated heterocycles.